The number of carbonyl (C=O) groups excluding carboxylic acids is 2. The molecule has 8 nitrogen and oxygen atoms in total. The lowest BCUT2D eigenvalue weighted by Gasteiger charge is -2.18. The first-order chi connectivity index (χ1) is 12.1. The van der Waals surface area contributed by atoms with Gasteiger partial charge in [0.2, 0.25) is 0 Å². The van der Waals surface area contributed by atoms with E-state index in [1.54, 1.807) is 13.8 Å². The molecule has 0 heterocycles. The summed E-state index contributed by atoms with van der Waals surface area (Å²) in [6, 6.07) is 3.42. The van der Waals surface area contributed by atoms with Gasteiger partial charge in [-0.2, -0.15) is 0 Å². The molecule has 0 unspecified atom stereocenters. The summed E-state index contributed by atoms with van der Waals surface area (Å²) in [5.41, 5.74) is 0.229. The number of carbonyl (C=O) groups is 3. The number of carboxylic acid groups (broad SMARTS) is 1. The Bertz CT molecular complexity index is 657. The first-order valence-electron chi connectivity index (χ1n) is 8.29. The lowest BCUT2D eigenvalue weighted by Crippen LogP contribution is -2.44. The maximum absolute atomic E-state index is 12.3. The Kier molecular flexibility index (Phi) is 7.89. The maximum atomic E-state index is 12.3. The fourth-order valence-corrected chi connectivity index (χ4v) is 2.17. The lowest BCUT2D eigenvalue weighted by molar-refractivity contribution is -0.140. The van der Waals surface area contributed by atoms with Crippen LogP contribution in [0.1, 0.15) is 38.1 Å². The Labute approximate surface area is 152 Å². The summed E-state index contributed by atoms with van der Waals surface area (Å²) in [6.45, 7) is 6.91. The van der Waals surface area contributed by atoms with Gasteiger partial charge in [0.1, 0.15) is 6.04 Å². The Balaban J connectivity index is 2.85. The van der Waals surface area contributed by atoms with Gasteiger partial charge in [-0.3, -0.25) is 9.59 Å². The third-order valence-corrected chi connectivity index (χ3v) is 3.45. The molecule has 0 aliphatic rings. The van der Waals surface area contributed by atoms with Crippen LogP contribution in [0.4, 0.5) is 0 Å². The Morgan fingerprint density at radius 3 is 2.23 bits per heavy atom. The molecule has 2 amide bonds. The highest BCUT2D eigenvalue weighted by Gasteiger charge is 2.24. The summed E-state index contributed by atoms with van der Waals surface area (Å²) in [6.07, 6.45) is 0. The molecule has 0 aliphatic heterocycles. The van der Waals surface area contributed by atoms with Crippen molar-refractivity contribution in [1.82, 2.24) is 10.6 Å². The van der Waals surface area contributed by atoms with Gasteiger partial charge in [-0.1, -0.05) is 13.8 Å². The zero-order chi connectivity index (χ0) is 19.9. The van der Waals surface area contributed by atoms with Crippen molar-refractivity contribution < 1.29 is 29.0 Å². The molecule has 144 valence electrons. The second kappa shape index (κ2) is 9.65. The zero-order valence-corrected chi connectivity index (χ0v) is 15.7. The van der Waals surface area contributed by atoms with Crippen molar-refractivity contribution in [3.63, 3.8) is 0 Å². The lowest BCUT2D eigenvalue weighted by atomic mass is 10.0. The normalized spacial score (nSPS) is 11.8. The van der Waals surface area contributed by atoms with Gasteiger partial charge in [0.25, 0.3) is 11.8 Å². The predicted molar refractivity (Wildman–Crippen MR) is 95.5 cm³/mol. The molecule has 0 bridgehead atoms. The van der Waals surface area contributed by atoms with E-state index in [0.717, 1.165) is 0 Å². The molecule has 3 N–H and O–H groups in total. The summed E-state index contributed by atoms with van der Waals surface area (Å²) in [5, 5.41) is 14.3. The van der Waals surface area contributed by atoms with Gasteiger partial charge in [0.15, 0.2) is 18.1 Å². The predicted octanol–water partition coefficient (Wildman–Crippen LogP) is 1.44. The quantitative estimate of drug-likeness (QED) is 0.609. The van der Waals surface area contributed by atoms with E-state index in [-0.39, 0.29) is 35.8 Å². The summed E-state index contributed by atoms with van der Waals surface area (Å²) >= 11 is 0. The fourth-order valence-electron chi connectivity index (χ4n) is 2.17. The fraction of sp³-hybridized carbons (Fsp3) is 0.500. The number of methoxy groups -OCH3 is 1. The molecule has 0 aromatic heterocycles. The molecule has 1 atom stereocenters. The average Bonchev–Trinajstić information content (AvgIpc) is 2.56. The van der Waals surface area contributed by atoms with Crippen LogP contribution in [0.25, 0.3) is 0 Å². The molecule has 0 saturated carbocycles. The molecule has 1 aromatic carbocycles. The van der Waals surface area contributed by atoms with Gasteiger partial charge in [-0.15, -0.1) is 0 Å². The van der Waals surface area contributed by atoms with Crippen LogP contribution in [0.3, 0.4) is 0 Å². The number of rotatable bonds is 9. The molecule has 0 fully saturated rings. The van der Waals surface area contributed by atoms with Crippen molar-refractivity contribution in [1.29, 1.82) is 0 Å². The molecule has 0 saturated heterocycles. The van der Waals surface area contributed by atoms with Crippen molar-refractivity contribution in [2.24, 2.45) is 5.92 Å². The van der Waals surface area contributed by atoms with Crippen molar-refractivity contribution in [2.75, 3.05) is 13.7 Å². The van der Waals surface area contributed by atoms with E-state index < -0.39 is 17.9 Å². The van der Waals surface area contributed by atoms with Crippen LogP contribution in [0, 0.1) is 5.92 Å². The van der Waals surface area contributed by atoms with E-state index in [2.05, 4.69) is 10.6 Å². The van der Waals surface area contributed by atoms with Crippen molar-refractivity contribution in [2.45, 2.75) is 39.8 Å². The SMILES string of the molecule is COc1cc(C(=O)N[C@H](C(=O)O)C(C)C)ccc1OCC(=O)NC(C)C. The summed E-state index contributed by atoms with van der Waals surface area (Å²) < 4.78 is 10.6. The maximum Gasteiger partial charge on any atom is 0.326 e. The van der Waals surface area contributed by atoms with Gasteiger partial charge < -0.3 is 25.2 Å². The summed E-state index contributed by atoms with van der Waals surface area (Å²) in [7, 11) is 1.41. The van der Waals surface area contributed by atoms with Crippen LogP contribution in [0.5, 0.6) is 11.5 Å². The molecule has 26 heavy (non-hydrogen) atoms. The third-order valence-electron chi connectivity index (χ3n) is 3.45. The molecule has 0 aliphatic carbocycles. The van der Waals surface area contributed by atoms with Crippen LogP contribution in [-0.4, -0.2) is 48.7 Å². The largest absolute Gasteiger partial charge is 0.493 e. The topological polar surface area (TPSA) is 114 Å². The average molecular weight is 366 g/mol. The summed E-state index contributed by atoms with van der Waals surface area (Å²) in [4.78, 5) is 35.2. The van der Waals surface area contributed by atoms with E-state index in [4.69, 9.17) is 9.47 Å². The van der Waals surface area contributed by atoms with Gasteiger partial charge in [-0.05, 0) is 38.0 Å². The minimum Gasteiger partial charge on any atom is -0.493 e. The Morgan fingerprint density at radius 2 is 1.73 bits per heavy atom. The van der Waals surface area contributed by atoms with E-state index >= 15 is 0 Å². The van der Waals surface area contributed by atoms with Gasteiger partial charge in [0.05, 0.1) is 7.11 Å². The zero-order valence-electron chi connectivity index (χ0n) is 15.7. The smallest absolute Gasteiger partial charge is 0.326 e. The van der Waals surface area contributed by atoms with Crippen molar-refractivity contribution in [3.05, 3.63) is 23.8 Å². The van der Waals surface area contributed by atoms with Crippen LogP contribution in [0.15, 0.2) is 18.2 Å². The second-order valence-corrected chi connectivity index (χ2v) is 6.41. The summed E-state index contributed by atoms with van der Waals surface area (Å²) in [5.74, 6) is -1.59. The molecular weight excluding hydrogens is 340 g/mol. The number of aliphatic carboxylic acids is 1. The minimum atomic E-state index is -1.10. The van der Waals surface area contributed by atoms with E-state index in [9.17, 15) is 19.5 Å². The third kappa shape index (κ3) is 6.27. The van der Waals surface area contributed by atoms with E-state index in [1.807, 2.05) is 13.8 Å². The van der Waals surface area contributed by atoms with Gasteiger partial charge in [0, 0.05) is 11.6 Å². The second-order valence-electron chi connectivity index (χ2n) is 6.41. The van der Waals surface area contributed by atoms with Crippen LogP contribution < -0.4 is 20.1 Å². The van der Waals surface area contributed by atoms with E-state index in [0.29, 0.717) is 5.75 Å². The van der Waals surface area contributed by atoms with Crippen LogP contribution in [-0.2, 0) is 9.59 Å². The van der Waals surface area contributed by atoms with Gasteiger partial charge >= 0.3 is 5.97 Å². The number of benzene rings is 1. The molecule has 0 radical (unpaired) electrons. The highest BCUT2D eigenvalue weighted by Crippen LogP contribution is 2.28. The molecule has 0 spiro atoms. The number of hydrogen-bond acceptors (Lipinski definition) is 5. The monoisotopic (exact) mass is 366 g/mol. The first-order valence-corrected chi connectivity index (χ1v) is 8.29. The van der Waals surface area contributed by atoms with E-state index in [1.165, 1.54) is 25.3 Å². The molecule has 8 heteroatoms. The molecule has 1 rings (SSSR count). The number of nitrogens with one attached hydrogen (secondary N) is 2. The standard InChI is InChI=1S/C18H26N2O6/c1-10(2)16(18(23)24)20-17(22)12-6-7-13(14(8-12)25-5)26-9-15(21)19-11(3)4/h6-8,10-11,16H,9H2,1-5H3,(H,19,21)(H,20,22)(H,23,24)/t16-/m0/s1. The Hall–Kier alpha value is -2.77. The number of ether oxygens (including phenoxy) is 2. The van der Waals surface area contributed by atoms with Crippen LogP contribution in [0.2, 0.25) is 0 Å². The van der Waals surface area contributed by atoms with Gasteiger partial charge in [-0.25, -0.2) is 4.79 Å². The molecule has 1 aromatic rings. The highest BCUT2D eigenvalue weighted by atomic mass is 16.5. The number of amides is 2. The molecular formula is C18H26N2O6. The van der Waals surface area contributed by atoms with Crippen molar-refractivity contribution in [3.8, 4) is 11.5 Å². The first kappa shape index (κ1) is 21.3. The number of carboxylic acids is 1. The number of hydrogen-bond donors (Lipinski definition) is 3. The van der Waals surface area contributed by atoms with Crippen molar-refractivity contribution >= 4 is 17.8 Å². The highest BCUT2D eigenvalue weighted by molar-refractivity contribution is 5.97. The minimum absolute atomic E-state index is 0.00204. The van der Waals surface area contributed by atoms with Crippen LogP contribution >= 0.6 is 0 Å². The Morgan fingerprint density at radius 1 is 1.08 bits per heavy atom.